The Kier molecular flexibility index (Phi) is 1.44. The Balaban J connectivity index is 3.02. The molecule has 2 rings (SSSR count). The van der Waals surface area contributed by atoms with E-state index in [0.29, 0.717) is 0 Å². The van der Waals surface area contributed by atoms with E-state index in [-0.39, 0.29) is 16.0 Å². The molecular formula is C7H3ClFNO2. The van der Waals surface area contributed by atoms with E-state index in [1.165, 1.54) is 6.07 Å². The zero-order chi connectivity index (χ0) is 8.72. The molecule has 1 heterocycles. The van der Waals surface area contributed by atoms with Gasteiger partial charge in [0.1, 0.15) is 10.8 Å². The van der Waals surface area contributed by atoms with Gasteiger partial charge in [0.2, 0.25) is 0 Å². The van der Waals surface area contributed by atoms with Gasteiger partial charge in [-0.15, -0.1) is 0 Å². The molecule has 0 saturated carbocycles. The Morgan fingerprint density at radius 1 is 1.50 bits per heavy atom. The predicted octanol–water partition coefficient (Wildman–Crippen LogP) is 1.91. The highest BCUT2D eigenvalue weighted by Gasteiger charge is 2.10. The zero-order valence-electron chi connectivity index (χ0n) is 5.73. The molecule has 0 aliphatic heterocycles. The second-order valence-corrected chi connectivity index (χ2v) is 2.65. The Morgan fingerprint density at radius 3 is 3.00 bits per heavy atom. The molecule has 0 atom stereocenters. The van der Waals surface area contributed by atoms with Crippen molar-refractivity contribution in [3.8, 4) is 0 Å². The predicted molar refractivity (Wildman–Crippen MR) is 41.8 cm³/mol. The molecule has 5 heteroatoms. The summed E-state index contributed by atoms with van der Waals surface area (Å²) in [6, 6.07) is 2.44. The van der Waals surface area contributed by atoms with Gasteiger partial charge >= 0.3 is 0 Å². The van der Waals surface area contributed by atoms with Gasteiger partial charge in [0.05, 0.1) is 5.39 Å². The lowest BCUT2D eigenvalue weighted by Crippen LogP contribution is -1.96. The molecule has 1 aromatic carbocycles. The number of halogens is 2. The molecule has 0 aliphatic carbocycles. The summed E-state index contributed by atoms with van der Waals surface area (Å²) in [7, 11) is 0. The van der Waals surface area contributed by atoms with Gasteiger partial charge in [0, 0.05) is 0 Å². The van der Waals surface area contributed by atoms with Crippen LogP contribution in [0.15, 0.2) is 21.5 Å². The van der Waals surface area contributed by atoms with Crippen LogP contribution >= 0.6 is 11.6 Å². The molecule has 1 aromatic heterocycles. The van der Waals surface area contributed by atoms with E-state index in [2.05, 4.69) is 9.68 Å². The van der Waals surface area contributed by atoms with E-state index >= 15 is 0 Å². The van der Waals surface area contributed by atoms with Gasteiger partial charge < -0.3 is 4.52 Å². The molecule has 0 spiro atoms. The minimum absolute atomic E-state index is 0.0571. The average molecular weight is 188 g/mol. The van der Waals surface area contributed by atoms with Crippen LogP contribution < -0.4 is 5.56 Å². The first kappa shape index (κ1) is 7.36. The molecule has 3 nitrogen and oxygen atoms in total. The molecule has 0 unspecified atom stereocenters. The van der Waals surface area contributed by atoms with Crippen molar-refractivity contribution in [1.29, 1.82) is 0 Å². The van der Waals surface area contributed by atoms with Crippen LogP contribution in [0.4, 0.5) is 4.39 Å². The largest absolute Gasteiger partial charge is 0.377 e. The Hall–Kier alpha value is -1.29. The molecule has 0 saturated heterocycles. The molecule has 1 N–H and O–H groups in total. The first-order valence-electron chi connectivity index (χ1n) is 3.15. The van der Waals surface area contributed by atoms with Gasteiger partial charge in [-0.05, 0) is 12.1 Å². The van der Waals surface area contributed by atoms with E-state index in [9.17, 15) is 9.18 Å². The topological polar surface area (TPSA) is 46.0 Å². The van der Waals surface area contributed by atoms with Crippen LogP contribution in [-0.4, -0.2) is 5.16 Å². The first-order valence-corrected chi connectivity index (χ1v) is 3.53. The number of nitrogens with one attached hydrogen (secondary N) is 1. The molecule has 0 bridgehead atoms. The lowest BCUT2D eigenvalue weighted by molar-refractivity contribution is 0.447. The van der Waals surface area contributed by atoms with E-state index in [1.807, 2.05) is 0 Å². The quantitative estimate of drug-likeness (QED) is 0.685. The standard InChI is InChI=1S/C7H3ClFNO2/c8-5-4(9)2-1-3-6(5)12-10-7(3)11/h1-2H,(H,10,11). The van der Waals surface area contributed by atoms with Crippen molar-refractivity contribution in [3.05, 3.63) is 33.3 Å². The van der Waals surface area contributed by atoms with Gasteiger partial charge in [0.25, 0.3) is 5.56 Å². The van der Waals surface area contributed by atoms with E-state index < -0.39 is 11.4 Å². The normalized spacial score (nSPS) is 10.8. The number of aromatic nitrogens is 1. The lowest BCUT2D eigenvalue weighted by Gasteiger charge is -1.90. The van der Waals surface area contributed by atoms with Crippen LogP contribution in [0.25, 0.3) is 11.0 Å². The zero-order valence-corrected chi connectivity index (χ0v) is 6.48. The number of fused-ring (bicyclic) bond motifs is 1. The van der Waals surface area contributed by atoms with Gasteiger partial charge in [-0.2, -0.15) is 5.16 Å². The highest BCUT2D eigenvalue weighted by molar-refractivity contribution is 6.34. The fourth-order valence-corrected chi connectivity index (χ4v) is 1.17. The summed E-state index contributed by atoms with van der Waals surface area (Å²) in [5.74, 6) is -0.605. The van der Waals surface area contributed by atoms with Gasteiger partial charge in [-0.1, -0.05) is 11.6 Å². The number of aromatic amines is 1. The van der Waals surface area contributed by atoms with Gasteiger partial charge in [0.15, 0.2) is 5.58 Å². The second kappa shape index (κ2) is 2.35. The second-order valence-electron chi connectivity index (χ2n) is 2.27. The third kappa shape index (κ3) is 0.848. The first-order chi connectivity index (χ1) is 5.70. The highest BCUT2D eigenvalue weighted by Crippen LogP contribution is 2.23. The molecule has 0 amide bonds. The third-order valence-electron chi connectivity index (χ3n) is 1.54. The Labute approximate surface area is 70.7 Å². The van der Waals surface area contributed by atoms with Crippen LogP contribution in [0.1, 0.15) is 0 Å². The summed E-state index contributed by atoms with van der Waals surface area (Å²) in [6.45, 7) is 0. The summed E-state index contributed by atoms with van der Waals surface area (Å²) in [5.41, 5.74) is -0.353. The fraction of sp³-hybridized carbons (Fsp3) is 0. The van der Waals surface area contributed by atoms with Crippen LogP contribution in [0.5, 0.6) is 0 Å². The maximum absolute atomic E-state index is 12.8. The third-order valence-corrected chi connectivity index (χ3v) is 1.89. The number of hydrogen-bond acceptors (Lipinski definition) is 2. The van der Waals surface area contributed by atoms with Crippen molar-refractivity contribution in [2.24, 2.45) is 0 Å². The molecule has 0 radical (unpaired) electrons. The minimum atomic E-state index is -0.605. The van der Waals surface area contributed by atoms with Gasteiger partial charge in [-0.3, -0.25) is 4.79 Å². The molecule has 0 fully saturated rings. The minimum Gasteiger partial charge on any atom is -0.377 e. The Morgan fingerprint density at radius 2 is 2.25 bits per heavy atom. The Bertz CT molecular complexity index is 488. The van der Waals surface area contributed by atoms with Gasteiger partial charge in [-0.25, -0.2) is 4.39 Å². The summed E-state index contributed by atoms with van der Waals surface area (Å²) in [4.78, 5) is 10.9. The molecule has 62 valence electrons. The number of hydrogen-bond donors (Lipinski definition) is 1. The molecular weight excluding hydrogens is 185 g/mol. The van der Waals surface area contributed by atoms with E-state index in [4.69, 9.17) is 11.6 Å². The van der Waals surface area contributed by atoms with E-state index in [1.54, 1.807) is 0 Å². The van der Waals surface area contributed by atoms with Crippen LogP contribution in [-0.2, 0) is 0 Å². The molecule has 12 heavy (non-hydrogen) atoms. The molecule has 0 aliphatic rings. The van der Waals surface area contributed by atoms with Crippen LogP contribution in [0.3, 0.4) is 0 Å². The highest BCUT2D eigenvalue weighted by atomic mass is 35.5. The average Bonchev–Trinajstić information content (AvgIpc) is 2.41. The van der Waals surface area contributed by atoms with Crippen molar-refractivity contribution in [2.75, 3.05) is 0 Å². The van der Waals surface area contributed by atoms with Crippen LogP contribution in [0, 0.1) is 5.82 Å². The SMILES string of the molecule is O=c1[nH]oc2c(Cl)c(F)ccc12. The van der Waals surface area contributed by atoms with Crippen LogP contribution in [0.2, 0.25) is 5.02 Å². The number of benzene rings is 1. The van der Waals surface area contributed by atoms with Crippen molar-refractivity contribution in [1.82, 2.24) is 5.16 Å². The molecule has 2 aromatic rings. The summed E-state index contributed by atoms with van der Waals surface area (Å²) in [6.07, 6.45) is 0. The van der Waals surface area contributed by atoms with E-state index in [0.717, 1.165) is 6.07 Å². The lowest BCUT2D eigenvalue weighted by atomic mass is 10.2. The number of rotatable bonds is 0. The number of H-pyrrole nitrogens is 1. The summed E-state index contributed by atoms with van der Waals surface area (Å²) >= 11 is 5.51. The van der Waals surface area contributed by atoms with Crippen molar-refractivity contribution >= 4 is 22.6 Å². The monoisotopic (exact) mass is 187 g/mol. The smallest absolute Gasteiger partial charge is 0.287 e. The van der Waals surface area contributed by atoms with Crippen molar-refractivity contribution < 1.29 is 8.91 Å². The summed E-state index contributed by atoms with van der Waals surface area (Å²) in [5, 5.41) is 2.14. The maximum Gasteiger partial charge on any atom is 0.287 e. The fourth-order valence-electron chi connectivity index (χ4n) is 0.963. The maximum atomic E-state index is 12.8. The summed E-state index contributed by atoms with van der Waals surface area (Å²) < 4.78 is 17.4. The van der Waals surface area contributed by atoms with Crippen molar-refractivity contribution in [2.45, 2.75) is 0 Å². The van der Waals surface area contributed by atoms with Crippen molar-refractivity contribution in [3.63, 3.8) is 0 Å².